The molecule has 126 valence electrons. The molecule has 3 aromatic rings. The summed E-state index contributed by atoms with van der Waals surface area (Å²) in [5.41, 5.74) is 0. The number of carbonyl (C=O) groups is 1. The van der Waals surface area contributed by atoms with Crippen molar-refractivity contribution in [2.75, 3.05) is 5.32 Å². The van der Waals surface area contributed by atoms with E-state index < -0.39 is 0 Å². The Kier molecular flexibility index (Phi) is 4.95. The van der Waals surface area contributed by atoms with Crippen molar-refractivity contribution in [3.63, 3.8) is 0 Å². The molecule has 8 nitrogen and oxygen atoms in total. The third kappa shape index (κ3) is 3.49. The van der Waals surface area contributed by atoms with Crippen LogP contribution in [0.3, 0.4) is 0 Å². The highest BCUT2D eigenvalue weighted by atomic mass is 32.2. The molecule has 24 heavy (non-hydrogen) atoms. The Balaban J connectivity index is 1.72. The highest BCUT2D eigenvalue weighted by Gasteiger charge is 2.23. The zero-order chi connectivity index (χ0) is 17.1. The minimum Gasteiger partial charge on any atom is -0.461 e. The Morgan fingerprint density at radius 1 is 1.42 bits per heavy atom. The summed E-state index contributed by atoms with van der Waals surface area (Å²) in [6, 6.07) is 3.61. The number of amides is 1. The van der Waals surface area contributed by atoms with Crippen LogP contribution >= 0.6 is 23.1 Å². The minimum atomic E-state index is -0.304. The Morgan fingerprint density at radius 2 is 2.25 bits per heavy atom. The van der Waals surface area contributed by atoms with Gasteiger partial charge in [0.25, 0.3) is 0 Å². The maximum atomic E-state index is 12.4. The van der Waals surface area contributed by atoms with Gasteiger partial charge in [-0.25, -0.2) is 0 Å². The quantitative estimate of drug-likeness (QED) is 0.671. The summed E-state index contributed by atoms with van der Waals surface area (Å²) < 4.78 is 7.16. The van der Waals surface area contributed by atoms with Gasteiger partial charge in [-0.15, -0.1) is 20.4 Å². The molecule has 0 saturated carbocycles. The lowest BCUT2D eigenvalue weighted by Gasteiger charge is -2.12. The van der Waals surface area contributed by atoms with Gasteiger partial charge in [0.1, 0.15) is 5.01 Å². The van der Waals surface area contributed by atoms with Crippen molar-refractivity contribution in [3.8, 4) is 11.6 Å². The van der Waals surface area contributed by atoms with E-state index in [1.165, 1.54) is 23.1 Å². The number of thioether (sulfide) groups is 1. The molecular formula is C14H16N6O2S2. The first-order chi connectivity index (χ1) is 11.6. The summed E-state index contributed by atoms with van der Waals surface area (Å²) >= 11 is 2.71. The van der Waals surface area contributed by atoms with Crippen molar-refractivity contribution in [2.24, 2.45) is 7.05 Å². The fourth-order valence-electron chi connectivity index (χ4n) is 2.02. The van der Waals surface area contributed by atoms with Crippen molar-refractivity contribution < 1.29 is 9.21 Å². The molecule has 0 unspecified atom stereocenters. The van der Waals surface area contributed by atoms with E-state index in [0.29, 0.717) is 28.3 Å². The van der Waals surface area contributed by atoms with E-state index in [2.05, 4.69) is 25.7 Å². The number of nitrogens with zero attached hydrogens (tertiary/aromatic N) is 5. The monoisotopic (exact) mass is 364 g/mol. The van der Waals surface area contributed by atoms with Crippen LogP contribution in [0.15, 0.2) is 28.0 Å². The first kappa shape index (κ1) is 16.7. The van der Waals surface area contributed by atoms with Crippen molar-refractivity contribution >= 4 is 34.1 Å². The van der Waals surface area contributed by atoms with Gasteiger partial charge in [0.05, 0.1) is 11.5 Å². The molecule has 0 aliphatic heterocycles. The number of aromatic nitrogens is 5. The van der Waals surface area contributed by atoms with E-state index in [9.17, 15) is 4.79 Å². The van der Waals surface area contributed by atoms with E-state index in [1.54, 1.807) is 12.3 Å². The van der Waals surface area contributed by atoms with Gasteiger partial charge in [-0.2, -0.15) is 0 Å². The van der Waals surface area contributed by atoms with Crippen LogP contribution in [0, 0.1) is 6.92 Å². The SMILES string of the molecule is CC[C@@H](Sc1nnc(-c2ccco2)n1C)C(=O)Nc1nnc(C)s1. The van der Waals surface area contributed by atoms with Crippen LogP contribution in [0.4, 0.5) is 5.13 Å². The summed E-state index contributed by atoms with van der Waals surface area (Å²) in [5, 5.41) is 20.6. The maximum Gasteiger partial charge on any atom is 0.239 e. The molecular weight excluding hydrogens is 348 g/mol. The molecule has 0 bridgehead atoms. The smallest absolute Gasteiger partial charge is 0.239 e. The number of anilines is 1. The average Bonchev–Trinajstić information content (AvgIpc) is 3.28. The van der Waals surface area contributed by atoms with Crippen LogP contribution in [-0.2, 0) is 11.8 Å². The Hall–Kier alpha value is -2.20. The lowest BCUT2D eigenvalue weighted by atomic mass is 10.3. The third-order valence-corrected chi connectivity index (χ3v) is 5.40. The van der Waals surface area contributed by atoms with Gasteiger partial charge in [0, 0.05) is 7.05 Å². The second-order valence-corrected chi connectivity index (χ2v) is 7.32. The molecule has 3 aromatic heterocycles. The summed E-state index contributed by atoms with van der Waals surface area (Å²) in [4.78, 5) is 12.4. The molecule has 0 radical (unpaired) electrons. The predicted octanol–water partition coefficient (Wildman–Crippen LogP) is 2.74. The van der Waals surface area contributed by atoms with Crippen LogP contribution in [0.25, 0.3) is 11.6 Å². The van der Waals surface area contributed by atoms with Crippen molar-refractivity contribution in [2.45, 2.75) is 30.7 Å². The summed E-state index contributed by atoms with van der Waals surface area (Å²) in [6.45, 7) is 3.79. The minimum absolute atomic E-state index is 0.124. The summed E-state index contributed by atoms with van der Waals surface area (Å²) in [6.07, 6.45) is 2.24. The van der Waals surface area contributed by atoms with Gasteiger partial charge in [0.2, 0.25) is 11.0 Å². The van der Waals surface area contributed by atoms with Gasteiger partial charge < -0.3 is 8.98 Å². The zero-order valence-corrected chi connectivity index (χ0v) is 15.0. The number of nitrogens with one attached hydrogen (secondary N) is 1. The van der Waals surface area contributed by atoms with Gasteiger partial charge >= 0.3 is 0 Å². The number of hydrogen-bond donors (Lipinski definition) is 1. The van der Waals surface area contributed by atoms with Gasteiger partial charge in [-0.3, -0.25) is 10.1 Å². The fourth-order valence-corrected chi connectivity index (χ4v) is 3.53. The number of carbonyl (C=O) groups excluding carboxylic acids is 1. The second kappa shape index (κ2) is 7.14. The molecule has 0 aliphatic carbocycles. The number of aryl methyl sites for hydroxylation is 1. The molecule has 3 rings (SSSR count). The van der Waals surface area contributed by atoms with E-state index in [0.717, 1.165) is 5.01 Å². The van der Waals surface area contributed by atoms with E-state index in [1.807, 2.05) is 31.5 Å². The van der Waals surface area contributed by atoms with Crippen molar-refractivity contribution in [3.05, 3.63) is 23.4 Å². The van der Waals surface area contributed by atoms with Crippen LogP contribution in [0.2, 0.25) is 0 Å². The Morgan fingerprint density at radius 3 is 2.88 bits per heavy atom. The summed E-state index contributed by atoms with van der Waals surface area (Å²) in [7, 11) is 1.85. The maximum absolute atomic E-state index is 12.4. The Labute approximate surface area is 146 Å². The second-order valence-electron chi connectivity index (χ2n) is 4.97. The molecule has 0 aromatic carbocycles. The molecule has 1 amide bonds. The van der Waals surface area contributed by atoms with Crippen LogP contribution in [0.5, 0.6) is 0 Å². The van der Waals surface area contributed by atoms with Crippen molar-refractivity contribution in [1.82, 2.24) is 25.0 Å². The highest BCUT2D eigenvalue weighted by molar-refractivity contribution is 8.00. The standard InChI is InChI=1S/C14H16N6O2S2/c1-4-10(12(21)15-13-18-16-8(2)23-13)24-14-19-17-11(20(14)3)9-6-5-7-22-9/h5-7,10H,4H2,1-3H3,(H,15,18,21)/t10-/m1/s1. The van der Waals surface area contributed by atoms with E-state index in [4.69, 9.17) is 4.42 Å². The normalized spacial score (nSPS) is 12.3. The lowest BCUT2D eigenvalue weighted by molar-refractivity contribution is -0.115. The molecule has 3 heterocycles. The molecule has 0 aliphatic rings. The molecule has 0 saturated heterocycles. The van der Waals surface area contributed by atoms with Crippen LogP contribution in [0.1, 0.15) is 18.4 Å². The zero-order valence-electron chi connectivity index (χ0n) is 13.4. The Bertz CT molecular complexity index is 826. The van der Waals surface area contributed by atoms with E-state index in [-0.39, 0.29) is 11.2 Å². The van der Waals surface area contributed by atoms with Gasteiger partial charge in [-0.1, -0.05) is 30.0 Å². The van der Waals surface area contributed by atoms with Gasteiger partial charge in [-0.05, 0) is 25.5 Å². The van der Waals surface area contributed by atoms with Crippen molar-refractivity contribution in [1.29, 1.82) is 0 Å². The predicted molar refractivity (Wildman–Crippen MR) is 91.9 cm³/mol. The molecule has 0 spiro atoms. The third-order valence-electron chi connectivity index (χ3n) is 3.24. The fraction of sp³-hybridized carbons (Fsp3) is 0.357. The number of rotatable bonds is 6. The summed E-state index contributed by atoms with van der Waals surface area (Å²) in [5.74, 6) is 1.14. The topological polar surface area (TPSA) is 98.7 Å². The highest BCUT2D eigenvalue weighted by Crippen LogP contribution is 2.28. The van der Waals surface area contributed by atoms with Crippen LogP contribution in [-0.4, -0.2) is 36.1 Å². The van der Waals surface area contributed by atoms with E-state index >= 15 is 0 Å². The first-order valence-corrected chi connectivity index (χ1v) is 8.99. The molecule has 10 heteroatoms. The average molecular weight is 364 g/mol. The number of furan rings is 1. The first-order valence-electron chi connectivity index (χ1n) is 7.29. The number of hydrogen-bond acceptors (Lipinski definition) is 8. The largest absolute Gasteiger partial charge is 0.461 e. The van der Waals surface area contributed by atoms with Gasteiger partial charge in [0.15, 0.2) is 16.7 Å². The van der Waals surface area contributed by atoms with Crippen LogP contribution < -0.4 is 5.32 Å². The molecule has 1 N–H and O–H groups in total. The molecule has 0 fully saturated rings. The molecule has 1 atom stereocenters. The lowest BCUT2D eigenvalue weighted by Crippen LogP contribution is -2.25.